The van der Waals surface area contributed by atoms with E-state index in [2.05, 4.69) is 10.6 Å². The number of urea groups is 1. The van der Waals surface area contributed by atoms with E-state index in [0.29, 0.717) is 5.75 Å². The van der Waals surface area contributed by atoms with E-state index in [4.69, 9.17) is 4.74 Å². The van der Waals surface area contributed by atoms with E-state index in [1.54, 1.807) is 13.8 Å². The number of hydrogen-bond acceptors (Lipinski definition) is 5. The predicted octanol–water partition coefficient (Wildman–Crippen LogP) is 2.39. The molecule has 0 aliphatic carbocycles. The van der Waals surface area contributed by atoms with Crippen molar-refractivity contribution >= 4 is 29.7 Å². The van der Waals surface area contributed by atoms with Crippen LogP contribution in [0.1, 0.15) is 31.9 Å². The van der Waals surface area contributed by atoms with Crippen LogP contribution >= 0.6 is 11.8 Å². The molecule has 0 spiro atoms. The van der Waals surface area contributed by atoms with Gasteiger partial charge in [-0.15, -0.1) is 11.8 Å². The summed E-state index contributed by atoms with van der Waals surface area (Å²) >= 11 is 1.41. The van der Waals surface area contributed by atoms with Crippen molar-refractivity contribution in [3.05, 3.63) is 35.4 Å². The molecule has 0 saturated heterocycles. The smallest absolute Gasteiger partial charge is 0.321 e. The predicted molar refractivity (Wildman–Crippen MR) is 94.7 cm³/mol. The van der Waals surface area contributed by atoms with Crippen LogP contribution in [0.5, 0.6) is 0 Å². The Balaban J connectivity index is 2.29. The number of thioether (sulfide) groups is 1. The SMILES string of the molecule is Cc1ccc(CSCC(=O)O[C@@H](C)C(=O)NC(=O)NC(C)C)cc1. The molecule has 0 bridgehead atoms. The van der Waals surface area contributed by atoms with Gasteiger partial charge in [-0.25, -0.2) is 4.79 Å². The first-order valence-corrected chi connectivity index (χ1v) is 8.87. The lowest BCUT2D eigenvalue weighted by Gasteiger charge is -2.14. The van der Waals surface area contributed by atoms with Crippen molar-refractivity contribution in [3.63, 3.8) is 0 Å². The first kappa shape index (κ1) is 20.0. The minimum atomic E-state index is -1.02. The van der Waals surface area contributed by atoms with Gasteiger partial charge in [-0.05, 0) is 33.3 Å². The van der Waals surface area contributed by atoms with Gasteiger partial charge in [0.05, 0.1) is 5.75 Å². The van der Waals surface area contributed by atoms with E-state index in [1.807, 2.05) is 31.2 Å². The van der Waals surface area contributed by atoms with Crippen molar-refractivity contribution < 1.29 is 19.1 Å². The molecule has 0 heterocycles. The number of rotatable bonds is 7. The maximum Gasteiger partial charge on any atom is 0.321 e. The molecule has 6 nitrogen and oxygen atoms in total. The molecule has 0 radical (unpaired) electrons. The van der Waals surface area contributed by atoms with E-state index < -0.39 is 24.0 Å². The molecule has 132 valence electrons. The van der Waals surface area contributed by atoms with Gasteiger partial charge >= 0.3 is 12.0 Å². The fraction of sp³-hybridized carbons (Fsp3) is 0.471. The largest absolute Gasteiger partial charge is 0.452 e. The molecule has 1 aromatic rings. The fourth-order valence-electron chi connectivity index (χ4n) is 1.73. The molecule has 1 atom stereocenters. The lowest BCUT2D eigenvalue weighted by atomic mass is 10.2. The highest BCUT2D eigenvalue weighted by Crippen LogP contribution is 2.13. The lowest BCUT2D eigenvalue weighted by Crippen LogP contribution is -2.46. The van der Waals surface area contributed by atoms with Crippen LogP contribution in [-0.2, 0) is 20.1 Å². The standard InChI is InChI=1S/C17H24N2O4S/c1-11(2)18-17(22)19-16(21)13(4)23-15(20)10-24-9-14-7-5-12(3)6-8-14/h5-8,11,13H,9-10H2,1-4H3,(H2,18,19,21,22)/t13-/m0/s1. The Hall–Kier alpha value is -2.02. The molecule has 0 unspecified atom stereocenters. The van der Waals surface area contributed by atoms with Crippen molar-refractivity contribution in [2.45, 2.75) is 45.6 Å². The monoisotopic (exact) mass is 352 g/mol. The minimum absolute atomic E-state index is 0.0890. The van der Waals surface area contributed by atoms with Gasteiger partial charge < -0.3 is 10.1 Å². The molecule has 24 heavy (non-hydrogen) atoms. The van der Waals surface area contributed by atoms with E-state index >= 15 is 0 Å². The van der Waals surface area contributed by atoms with Crippen LogP contribution in [0.4, 0.5) is 4.79 Å². The highest BCUT2D eigenvalue weighted by atomic mass is 32.2. The second kappa shape index (κ2) is 9.97. The maximum atomic E-state index is 11.7. The number of aryl methyl sites for hydroxylation is 1. The second-order valence-electron chi connectivity index (χ2n) is 5.73. The zero-order valence-electron chi connectivity index (χ0n) is 14.4. The average molecular weight is 352 g/mol. The van der Waals surface area contributed by atoms with E-state index in [0.717, 1.165) is 5.56 Å². The molecular formula is C17H24N2O4S. The van der Waals surface area contributed by atoms with Crippen LogP contribution in [-0.4, -0.2) is 35.8 Å². The maximum absolute atomic E-state index is 11.7. The Morgan fingerprint density at radius 3 is 2.33 bits per heavy atom. The second-order valence-corrected chi connectivity index (χ2v) is 6.71. The Labute approximate surface area is 146 Å². The summed E-state index contributed by atoms with van der Waals surface area (Å²) in [5.41, 5.74) is 2.30. The fourth-order valence-corrected chi connectivity index (χ4v) is 2.50. The third kappa shape index (κ3) is 8.01. The Bertz CT molecular complexity index is 572. The summed E-state index contributed by atoms with van der Waals surface area (Å²) in [6.45, 7) is 7.00. The summed E-state index contributed by atoms with van der Waals surface area (Å²) < 4.78 is 5.02. The first-order chi connectivity index (χ1) is 11.3. The van der Waals surface area contributed by atoms with Gasteiger partial charge in [-0.1, -0.05) is 29.8 Å². The Kier molecular flexibility index (Phi) is 8.32. The molecule has 0 aliphatic heterocycles. The topological polar surface area (TPSA) is 84.5 Å². The van der Waals surface area contributed by atoms with Crippen molar-refractivity contribution in [1.82, 2.24) is 10.6 Å². The van der Waals surface area contributed by atoms with Crippen LogP contribution < -0.4 is 10.6 Å². The minimum Gasteiger partial charge on any atom is -0.452 e. The number of imide groups is 1. The number of hydrogen-bond donors (Lipinski definition) is 2. The number of benzene rings is 1. The van der Waals surface area contributed by atoms with Crippen LogP contribution in [0.3, 0.4) is 0 Å². The van der Waals surface area contributed by atoms with E-state index in [1.165, 1.54) is 24.2 Å². The summed E-state index contributed by atoms with van der Waals surface area (Å²) in [4.78, 5) is 34.9. The zero-order chi connectivity index (χ0) is 18.1. The van der Waals surface area contributed by atoms with Gasteiger partial charge in [0.25, 0.3) is 5.91 Å². The van der Waals surface area contributed by atoms with Crippen LogP contribution in [0.2, 0.25) is 0 Å². The summed E-state index contributed by atoms with van der Waals surface area (Å²) in [6.07, 6.45) is -1.02. The molecule has 2 N–H and O–H groups in total. The van der Waals surface area contributed by atoms with E-state index in [9.17, 15) is 14.4 Å². The number of carbonyl (C=O) groups is 3. The summed E-state index contributed by atoms with van der Waals surface area (Å²) in [6, 6.07) is 7.36. The normalized spacial score (nSPS) is 11.7. The molecule has 0 aromatic heterocycles. The van der Waals surface area contributed by atoms with Crippen molar-refractivity contribution in [2.24, 2.45) is 0 Å². The first-order valence-electron chi connectivity index (χ1n) is 7.72. The Morgan fingerprint density at radius 1 is 1.12 bits per heavy atom. The van der Waals surface area contributed by atoms with Crippen molar-refractivity contribution in [1.29, 1.82) is 0 Å². The highest BCUT2D eigenvalue weighted by Gasteiger charge is 2.20. The quantitative estimate of drug-likeness (QED) is 0.736. The van der Waals surface area contributed by atoms with Crippen LogP contribution in [0.15, 0.2) is 24.3 Å². The number of amides is 3. The molecule has 0 aliphatic rings. The molecule has 3 amide bonds. The number of esters is 1. The van der Waals surface area contributed by atoms with Crippen molar-refractivity contribution in [2.75, 3.05) is 5.75 Å². The number of nitrogens with one attached hydrogen (secondary N) is 2. The van der Waals surface area contributed by atoms with Gasteiger partial charge in [-0.2, -0.15) is 0 Å². The van der Waals surface area contributed by atoms with Gasteiger partial charge in [0.2, 0.25) is 0 Å². The van der Waals surface area contributed by atoms with Crippen LogP contribution in [0, 0.1) is 6.92 Å². The molecule has 7 heteroatoms. The molecular weight excluding hydrogens is 328 g/mol. The highest BCUT2D eigenvalue weighted by molar-refractivity contribution is 7.99. The van der Waals surface area contributed by atoms with Gasteiger partial charge in [0.15, 0.2) is 6.10 Å². The number of carbonyl (C=O) groups excluding carboxylic acids is 3. The Morgan fingerprint density at radius 2 is 1.75 bits per heavy atom. The van der Waals surface area contributed by atoms with Crippen molar-refractivity contribution in [3.8, 4) is 0 Å². The van der Waals surface area contributed by atoms with E-state index in [-0.39, 0.29) is 11.8 Å². The number of ether oxygens (including phenoxy) is 1. The van der Waals surface area contributed by atoms with Gasteiger partial charge in [0, 0.05) is 11.8 Å². The zero-order valence-corrected chi connectivity index (χ0v) is 15.2. The molecule has 1 rings (SSSR count). The van der Waals surface area contributed by atoms with Gasteiger partial charge in [0.1, 0.15) is 0 Å². The summed E-state index contributed by atoms with van der Waals surface area (Å²) in [5.74, 6) is -0.305. The molecule has 0 fully saturated rings. The third-order valence-electron chi connectivity index (χ3n) is 2.94. The molecule has 1 aromatic carbocycles. The summed E-state index contributed by atoms with van der Waals surface area (Å²) in [7, 11) is 0. The lowest BCUT2D eigenvalue weighted by molar-refractivity contribution is -0.151. The average Bonchev–Trinajstić information content (AvgIpc) is 2.48. The van der Waals surface area contributed by atoms with Crippen LogP contribution in [0.25, 0.3) is 0 Å². The third-order valence-corrected chi connectivity index (χ3v) is 3.92. The summed E-state index contributed by atoms with van der Waals surface area (Å²) in [5, 5.41) is 4.65. The molecule has 0 saturated carbocycles. The van der Waals surface area contributed by atoms with Gasteiger partial charge in [-0.3, -0.25) is 14.9 Å².